The van der Waals surface area contributed by atoms with E-state index in [-0.39, 0.29) is 0 Å². The van der Waals surface area contributed by atoms with Crippen molar-refractivity contribution in [2.24, 2.45) is 0 Å². The number of rotatable bonds is 3. The molecule has 0 spiro atoms. The monoisotopic (exact) mass is 322 g/mol. The molecule has 0 atom stereocenters. The Balaban J connectivity index is 1.80. The molecule has 0 amide bonds. The van der Waals surface area contributed by atoms with Crippen LogP contribution in [0.4, 0.5) is 0 Å². The fourth-order valence-corrected chi connectivity index (χ4v) is 3.14. The van der Waals surface area contributed by atoms with Crippen LogP contribution in [0.5, 0.6) is 0 Å². The molecule has 0 radical (unpaired) electrons. The molecular weight excluding hydrogens is 304 g/mol. The van der Waals surface area contributed by atoms with E-state index < -0.39 is 0 Å². The predicted octanol–water partition coefficient (Wildman–Crippen LogP) is 5.79. The summed E-state index contributed by atoms with van der Waals surface area (Å²) in [6.07, 6.45) is 3.54. The SMILES string of the molecule is Cc1cccc(-c2ccc(-c3ncccn3)cc2)c1-c1ccccc1. The van der Waals surface area contributed by atoms with E-state index in [1.807, 2.05) is 6.07 Å². The fourth-order valence-electron chi connectivity index (χ4n) is 3.14. The van der Waals surface area contributed by atoms with E-state index in [4.69, 9.17) is 0 Å². The quantitative estimate of drug-likeness (QED) is 0.477. The zero-order chi connectivity index (χ0) is 17.1. The van der Waals surface area contributed by atoms with Crippen molar-refractivity contribution in [3.63, 3.8) is 0 Å². The molecule has 2 heteroatoms. The lowest BCUT2D eigenvalue weighted by molar-refractivity contribution is 1.18. The van der Waals surface area contributed by atoms with Crippen molar-refractivity contribution in [1.29, 1.82) is 0 Å². The summed E-state index contributed by atoms with van der Waals surface area (Å²) >= 11 is 0. The highest BCUT2D eigenvalue weighted by atomic mass is 14.8. The van der Waals surface area contributed by atoms with Crippen molar-refractivity contribution >= 4 is 0 Å². The maximum atomic E-state index is 4.32. The van der Waals surface area contributed by atoms with Gasteiger partial charge in [-0.2, -0.15) is 0 Å². The Kier molecular flexibility index (Phi) is 4.09. The lowest BCUT2D eigenvalue weighted by Crippen LogP contribution is -1.90. The first-order chi connectivity index (χ1) is 12.3. The van der Waals surface area contributed by atoms with Gasteiger partial charge >= 0.3 is 0 Å². The number of hydrogen-bond acceptors (Lipinski definition) is 2. The summed E-state index contributed by atoms with van der Waals surface area (Å²) in [5.41, 5.74) is 7.27. The lowest BCUT2D eigenvalue weighted by Gasteiger charge is -2.14. The molecule has 0 N–H and O–H groups in total. The third-order valence-corrected chi connectivity index (χ3v) is 4.36. The van der Waals surface area contributed by atoms with Crippen LogP contribution in [0, 0.1) is 6.92 Å². The molecule has 3 aromatic carbocycles. The molecule has 0 aliphatic rings. The minimum absolute atomic E-state index is 0.751. The van der Waals surface area contributed by atoms with Crippen LogP contribution in [0.2, 0.25) is 0 Å². The van der Waals surface area contributed by atoms with Crippen LogP contribution in [0.1, 0.15) is 5.56 Å². The van der Waals surface area contributed by atoms with Gasteiger partial charge in [-0.25, -0.2) is 9.97 Å². The topological polar surface area (TPSA) is 25.8 Å². The van der Waals surface area contributed by atoms with Gasteiger partial charge in [-0.05, 0) is 40.8 Å². The Morgan fingerprint density at radius 1 is 0.560 bits per heavy atom. The van der Waals surface area contributed by atoms with E-state index in [2.05, 4.69) is 89.7 Å². The predicted molar refractivity (Wildman–Crippen MR) is 103 cm³/mol. The summed E-state index contributed by atoms with van der Waals surface area (Å²) in [5.74, 6) is 0.751. The maximum absolute atomic E-state index is 4.32. The molecule has 2 nitrogen and oxygen atoms in total. The molecule has 4 aromatic rings. The molecule has 120 valence electrons. The van der Waals surface area contributed by atoms with Gasteiger partial charge in [-0.15, -0.1) is 0 Å². The number of hydrogen-bond donors (Lipinski definition) is 0. The van der Waals surface area contributed by atoms with E-state index in [9.17, 15) is 0 Å². The molecule has 0 aliphatic heterocycles. The third kappa shape index (κ3) is 3.07. The van der Waals surface area contributed by atoms with E-state index in [0.29, 0.717) is 0 Å². The highest BCUT2D eigenvalue weighted by Gasteiger charge is 2.10. The van der Waals surface area contributed by atoms with Crippen molar-refractivity contribution in [1.82, 2.24) is 9.97 Å². The second-order valence-corrected chi connectivity index (χ2v) is 6.01. The smallest absolute Gasteiger partial charge is 0.159 e. The fraction of sp³-hybridized carbons (Fsp3) is 0.0435. The van der Waals surface area contributed by atoms with Crippen LogP contribution >= 0.6 is 0 Å². The van der Waals surface area contributed by atoms with E-state index in [0.717, 1.165) is 11.4 Å². The lowest BCUT2D eigenvalue weighted by atomic mass is 9.91. The first-order valence-corrected chi connectivity index (χ1v) is 8.36. The summed E-state index contributed by atoms with van der Waals surface area (Å²) < 4.78 is 0. The first kappa shape index (κ1) is 15.3. The Bertz CT molecular complexity index is 975. The van der Waals surface area contributed by atoms with Gasteiger partial charge in [0.2, 0.25) is 0 Å². The van der Waals surface area contributed by atoms with Gasteiger partial charge in [0.05, 0.1) is 0 Å². The van der Waals surface area contributed by atoms with Gasteiger partial charge in [-0.1, -0.05) is 72.8 Å². The average Bonchev–Trinajstić information content (AvgIpc) is 2.69. The molecule has 0 aliphatic carbocycles. The Labute approximate surface area is 147 Å². The molecule has 4 rings (SSSR count). The van der Waals surface area contributed by atoms with Gasteiger partial charge in [-0.3, -0.25) is 0 Å². The zero-order valence-electron chi connectivity index (χ0n) is 14.1. The Morgan fingerprint density at radius 2 is 1.24 bits per heavy atom. The van der Waals surface area contributed by atoms with Crippen molar-refractivity contribution < 1.29 is 0 Å². The number of aromatic nitrogens is 2. The second kappa shape index (κ2) is 6.70. The molecule has 0 fully saturated rings. The average molecular weight is 322 g/mol. The molecular formula is C23H18N2. The summed E-state index contributed by atoms with van der Waals surface area (Å²) in [4.78, 5) is 8.64. The second-order valence-electron chi connectivity index (χ2n) is 6.01. The highest BCUT2D eigenvalue weighted by Crippen LogP contribution is 2.35. The first-order valence-electron chi connectivity index (χ1n) is 8.36. The molecule has 1 aromatic heterocycles. The van der Waals surface area contributed by atoms with Gasteiger partial charge < -0.3 is 0 Å². The molecule has 25 heavy (non-hydrogen) atoms. The maximum Gasteiger partial charge on any atom is 0.159 e. The largest absolute Gasteiger partial charge is 0.237 e. The van der Waals surface area contributed by atoms with Gasteiger partial charge in [0, 0.05) is 18.0 Å². The van der Waals surface area contributed by atoms with E-state index in [1.165, 1.54) is 27.8 Å². The van der Waals surface area contributed by atoms with Gasteiger partial charge in [0.1, 0.15) is 0 Å². The number of benzene rings is 3. The normalized spacial score (nSPS) is 10.6. The van der Waals surface area contributed by atoms with Crippen molar-refractivity contribution in [3.05, 3.63) is 96.8 Å². The Hall–Kier alpha value is -3.26. The highest BCUT2D eigenvalue weighted by molar-refractivity contribution is 5.86. The summed E-state index contributed by atoms with van der Waals surface area (Å²) in [6.45, 7) is 2.16. The van der Waals surface area contributed by atoms with Crippen LogP contribution in [0.15, 0.2) is 91.3 Å². The van der Waals surface area contributed by atoms with Crippen molar-refractivity contribution in [2.75, 3.05) is 0 Å². The summed E-state index contributed by atoms with van der Waals surface area (Å²) in [5, 5.41) is 0. The number of aryl methyl sites for hydroxylation is 1. The molecule has 0 unspecified atom stereocenters. The van der Waals surface area contributed by atoms with Crippen molar-refractivity contribution in [3.8, 4) is 33.6 Å². The standard InChI is InChI=1S/C23H18N2/c1-17-7-5-10-21(22(17)19-8-3-2-4-9-19)18-11-13-20(14-12-18)23-24-15-6-16-25-23/h2-16H,1H3. The Morgan fingerprint density at radius 3 is 1.96 bits per heavy atom. The summed E-state index contributed by atoms with van der Waals surface area (Å²) in [7, 11) is 0. The molecule has 0 saturated heterocycles. The van der Waals surface area contributed by atoms with Crippen molar-refractivity contribution in [2.45, 2.75) is 6.92 Å². The minimum atomic E-state index is 0.751. The van der Waals surface area contributed by atoms with Gasteiger partial charge in [0.25, 0.3) is 0 Å². The van der Waals surface area contributed by atoms with Crippen LogP contribution < -0.4 is 0 Å². The molecule has 0 saturated carbocycles. The van der Waals surface area contributed by atoms with Crippen LogP contribution in [0.3, 0.4) is 0 Å². The zero-order valence-corrected chi connectivity index (χ0v) is 14.1. The molecule has 1 heterocycles. The summed E-state index contributed by atoms with van der Waals surface area (Å²) in [6, 6.07) is 27.3. The van der Waals surface area contributed by atoms with Crippen LogP contribution in [-0.2, 0) is 0 Å². The number of nitrogens with zero attached hydrogens (tertiary/aromatic N) is 2. The minimum Gasteiger partial charge on any atom is -0.237 e. The molecule has 0 bridgehead atoms. The third-order valence-electron chi connectivity index (χ3n) is 4.36. The van der Waals surface area contributed by atoms with Crippen LogP contribution in [-0.4, -0.2) is 9.97 Å². The van der Waals surface area contributed by atoms with Gasteiger partial charge in [0.15, 0.2) is 5.82 Å². The van der Waals surface area contributed by atoms with E-state index in [1.54, 1.807) is 12.4 Å². The van der Waals surface area contributed by atoms with E-state index >= 15 is 0 Å². The van der Waals surface area contributed by atoms with Crippen LogP contribution in [0.25, 0.3) is 33.6 Å².